The van der Waals surface area contributed by atoms with Crippen molar-refractivity contribution in [2.75, 3.05) is 0 Å². The average molecular weight is 308 g/mol. The molecule has 70 valence electrons. The Balaban J connectivity index is 3.56. The highest BCUT2D eigenvalue weighted by Crippen LogP contribution is 2.31. The van der Waals surface area contributed by atoms with Crippen LogP contribution < -0.4 is 0 Å². The summed E-state index contributed by atoms with van der Waals surface area (Å²) >= 11 is 6.51. The molecular formula is C9H8Br2O2. The van der Waals surface area contributed by atoms with Gasteiger partial charge in [-0.25, -0.2) is 4.79 Å². The van der Waals surface area contributed by atoms with Crippen molar-refractivity contribution in [3.8, 4) is 0 Å². The second-order valence-electron chi connectivity index (χ2n) is 2.82. The van der Waals surface area contributed by atoms with Crippen molar-refractivity contribution < 1.29 is 9.90 Å². The molecule has 0 unspecified atom stereocenters. The summed E-state index contributed by atoms with van der Waals surface area (Å²) in [4.78, 5) is 10.9. The normalized spacial score (nSPS) is 10.2. The van der Waals surface area contributed by atoms with Crippen molar-refractivity contribution in [2.24, 2.45) is 0 Å². The van der Waals surface area contributed by atoms with Gasteiger partial charge >= 0.3 is 5.97 Å². The Hall–Kier alpha value is -0.350. The number of aromatic carboxylic acids is 1. The molecule has 0 heterocycles. The van der Waals surface area contributed by atoms with E-state index in [0.717, 1.165) is 11.1 Å². The van der Waals surface area contributed by atoms with Gasteiger partial charge in [0.2, 0.25) is 0 Å². The van der Waals surface area contributed by atoms with Gasteiger partial charge in [0.1, 0.15) is 0 Å². The largest absolute Gasteiger partial charge is 0.478 e. The fraction of sp³-hybridized carbons (Fsp3) is 0.222. The van der Waals surface area contributed by atoms with Gasteiger partial charge in [-0.1, -0.05) is 6.07 Å². The van der Waals surface area contributed by atoms with Crippen LogP contribution >= 0.6 is 31.9 Å². The Morgan fingerprint density at radius 2 is 1.62 bits per heavy atom. The Bertz CT molecular complexity index is 346. The summed E-state index contributed by atoms with van der Waals surface area (Å²) in [7, 11) is 0. The first kappa shape index (κ1) is 10.7. The Morgan fingerprint density at radius 3 is 1.92 bits per heavy atom. The minimum Gasteiger partial charge on any atom is -0.478 e. The van der Waals surface area contributed by atoms with Gasteiger partial charge in [-0.2, -0.15) is 0 Å². The van der Waals surface area contributed by atoms with E-state index < -0.39 is 5.97 Å². The van der Waals surface area contributed by atoms with Crippen LogP contribution in [-0.4, -0.2) is 11.1 Å². The van der Waals surface area contributed by atoms with Crippen LogP contribution in [0.3, 0.4) is 0 Å². The second kappa shape index (κ2) is 3.80. The molecule has 1 rings (SSSR count). The molecule has 0 fully saturated rings. The van der Waals surface area contributed by atoms with E-state index in [1.54, 1.807) is 0 Å². The first-order valence-electron chi connectivity index (χ1n) is 3.63. The molecule has 0 atom stereocenters. The third-order valence-electron chi connectivity index (χ3n) is 1.78. The quantitative estimate of drug-likeness (QED) is 0.862. The molecule has 0 aromatic heterocycles. The van der Waals surface area contributed by atoms with Crippen LogP contribution in [-0.2, 0) is 0 Å². The minimum absolute atomic E-state index is 0.289. The van der Waals surface area contributed by atoms with Crippen LogP contribution in [0.2, 0.25) is 0 Å². The molecule has 0 spiro atoms. The van der Waals surface area contributed by atoms with Crippen LogP contribution in [0.5, 0.6) is 0 Å². The lowest BCUT2D eigenvalue weighted by Crippen LogP contribution is -2.02. The number of hydrogen-bond donors (Lipinski definition) is 1. The lowest BCUT2D eigenvalue weighted by molar-refractivity contribution is 0.0694. The van der Waals surface area contributed by atoms with Gasteiger partial charge < -0.3 is 5.11 Å². The monoisotopic (exact) mass is 306 g/mol. The van der Waals surface area contributed by atoms with Gasteiger partial charge in [0, 0.05) is 8.95 Å². The van der Waals surface area contributed by atoms with Gasteiger partial charge in [0.15, 0.2) is 0 Å². The van der Waals surface area contributed by atoms with E-state index in [1.165, 1.54) is 0 Å². The van der Waals surface area contributed by atoms with Gasteiger partial charge in [0.05, 0.1) is 5.56 Å². The number of benzene rings is 1. The second-order valence-corrected chi connectivity index (χ2v) is 4.40. The Labute approximate surface area is 93.2 Å². The van der Waals surface area contributed by atoms with Gasteiger partial charge in [0.25, 0.3) is 0 Å². The molecule has 2 nitrogen and oxygen atoms in total. The maximum absolute atomic E-state index is 10.9. The molecule has 1 aromatic rings. The summed E-state index contributed by atoms with van der Waals surface area (Å²) in [5, 5.41) is 8.94. The number of aryl methyl sites for hydroxylation is 2. The average Bonchev–Trinajstić information content (AvgIpc) is 2.01. The molecule has 4 heteroatoms. The molecule has 0 saturated heterocycles. The van der Waals surface area contributed by atoms with E-state index in [2.05, 4.69) is 31.9 Å². The van der Waals surface area contributed by atoms with Crippen LogP contribution in [0.15, 0.2) is 15.0 Å². The smallest absolute Gasteiger partial charge is 0.338 e. The first-order chi connectivity index (χ1) is 5.95. The molecular weight excluding hydrogens is 300 g/mol. The Kier molecular flexibility index (Phi) is 3.14. The highest BCUT2D eigenvalue weighted by atomic mass is 79.9. The van der Waals surface area contributed by atoms with Gasteiger partial charge in [-0.15, -0.1) is 0 Å². The SMILES string of the molecule is Cc1cc(C)c(Br)c(C(=O)O)c1Br. The summed E-state index contributed by atoms with van der Waals surface area (Å²) < 4.78 is 1.27. The van der Waals surface area contributed by atoms with E-state index in [9.17, 15) is 4.79 Å². The van der Waals surface area contributed by atoms with E-state index in [0.29, 0.717) is 8.95 Å². The van der Waals surface area contributed by atoms with Crippen LogP contribution in [0.4, 0.5) is 0 Å². The highest BCUT2D eigenvalue weighted by Gasteiger charge is 2.16. The standard InChI is InChI=1S/C9H8Br2O2/c1-4-3-5(2)8(11)6(7(4)10)9(12)13/h3H,1-2H3,(H,12,13). The predicted octanol–water partition coefficient (Wildman–Crippen LogP) is 3.53. The molecule has 0 radical (unpaired) electrons. The molecule has 1 N–H and O–H groups in total. The molecule has 0 amide bonds. The number of rotatable bonds is 1. The molecule has 1 aromatic carbocycles. The summed E-state index contributed by atoms with van der Waals surface area (Å²) in [6, 6.07) is 1.93. The Morgan fingerprint density at radius 1 is 1.23 bits per heavy atom. The van der Waals surface area contributed by atoms with Crippen LogP contribution in [0.25, 0.3) is 0 Å². The number of carboxylic acids is 1. The molecule has 0 aliphatic heterocycles. The van der Waals surface area contributed by atoms with E-state index in [1.807, 2.05) is 19.9 Å². The lowest BCUT2D eigenvalue weighted by atomic mass is 10.1. The maximum Gasteiger partial charge on any atom is 0.338 e. The van der Waals surface area contributed by atoms with E-state index >= 15 is 0 Å². The van der Waals surface area contributed by atoms with Crippen molar-refractivity contribution in [3.05, 3.63) is 31.7 Å². The fourth-order valence-corrected chi connectivity index (χ4v) is 2.36. The molecule has 13 heavy (non-hydrogen) atoms. The molecule has 0 aliphatic rings. The predicted molar refractivity (Wildman–Crippen MR) is 58.3 cm³/mol. The topological polar surface area (TPSA) is 37.3 Å². The highest BCUT2D eigenvalue weighted by molar-refractivity contribution is 9.11. The van der Waals surface area contributed by atoms with E-state index in [4.69, 9.17) is 5.11 Å². The van der Waals surface area contributed by atoms with Crippen molar-refractivity contribution in [2.45, 2.75) is 13.8 Å². The summed E-state index contributed by atoms with van der Waals surface area (Å²) in [5.41, 5.74) is 2.15. The number of hydrogen-bond acceptors (Lipinski definition) is 1. The number of carboxylic acid groups (broad SMARTS) is 1. The van der Waals surface area contributed by atoms with Crippen molar-refractivity contribution in [1.82, 2.24) is 0 Å². The summed E-state index contributed by atoms with van der Waals surface area (Å²) in [6.07, 6.45) is 0. The maximum atomic E-state index is 10.9. The minimum atomic E-state index is -0.925. The van der Waals surface area contributed by atoms with Gasteiger partial charge in [-0.3, -0.25) is 0 Å². The number of halogens is 2. The van der Waals surface area contributed by atoms with Gasteiger partial charge in [-0.05, 0) is 56.8 Å². The third kappa shape index (κ3) is 1.94. The van der Waals surface area contributed by atoms with Crippen LogP contribution in [0.1, 0.15) is 21.5 Å². The zero-order chi connectivity index (χ0) is 10.2. The summed E-state index contributed by atoms with van der Waals surface area (Å²) in [6.45, 7) is 3.74. The fourth-order valence-electron chi connectivity index (χ4n) is 1.13. The third-order valence-corrected chi connectivity index (χ3v) is 3.82. The zero-order valence-electron chi connectivity index (χ0n) is 7.19. The van der Waals surface area contributed by atoms with E-state index in [-0.39, 0.29) is 5.56 Å². The molecule has 0 aliphatic carbocycles. The summed E-state index contributed by atoms with van der Waals surface area (Å²) in [5.74, 6) is -0.925. The van der Waals surface area contributed by atoms with Crippen molar-refractivity contribution in [3.63, 3.8) is 0 Å². The van der Waals surface area contributed by atoms with Crippen LogP contribution in [0, 0.1) is 13.8 Å². The zero-order valence-corrected chi connectivity index (χ0v) is 10.4. The molecule has 0 saturated carbocycles. The first-order valence-corrected chi connectivity index (χ1v) is 5.22. The number of carbonyl (C=O) groups is 1. The van der Waals surface area contributed by atoms with Crippen molar-refractivity contribution in [1.29, 1.82) is 0 Å². The molecule has 0 bridgehead atoms. The van der Waals surface area contributed by atoms with Crippen molar-refractivity contribution >= 4 is 37.8 Å². The lowest BCUT2D eigenvalue weighted by Gasteiger charge is -2.08.